The second kappa shape index (κ2) is 12.0. The van der Waals surface area contributed by atoms with E-state index >= 15 is 0 Å². The number of hydrogen-bond acceptors (Lipinski definition) is 5. The molecule has 0 saturated heterocycles. The minimum absolute atomic E-state index is 0.0223. The highest BCUT2D eigenvalue weighted by Crippen LogP contribution is 2.17. The number of hydrogen-bond donors (Lipinski definition) is 2. The molecule has 0 unspecified atom stereocenters. The molecule has 2 aromatic carbocycles. The van der Waals surface area contributed by atoms with E-state index in [0.717, 1.165) is 16.9 Å². The molecule has 0 spiro atoms. The van der Waals surface area contributed by atoms with Gasteiger partial charge in [-0.25, -0.2) is 10.2 Å². The van der Waals surface area contributed by atoms with Crippen LogP contribution in [0.1, 0.15) is 30.5 Å². The van der Waals surface area contributed by atoms with Crippen LogP contribution in [0.4, 0.5) is 4.79 Å². The molecule has 1 atom stereocenters. The van der Waals surface area contributed by atoms with Gasteiger partial charge < -0.3 is 14.8 Å². The number of hydrazone groups is 1. The lowest BCUT2D eigenvalue weighted by Crippen LogP contribution is -2.33. The molecule has 0 heterocycles. The molecule has 0 aliphatic rings. The molecule has 29 heavy (non-hydrogen) atoms. The summed E-state index contributed by atoms with van der Waals surface area (Å²) in [4.78, 5) is 24.1. The van der Waals surface area contributed by atoms with Crippen LogP contribution in [-0.4, -0.2) is 31.4 Å². The Kier molecular flexibility index (Phi) is 8.95. The number of ether oxygens (including phenoxy) is 2. The van der Waals surface area contributed by atoms with Crippen LogP contribution in [-0.2, 0) is 9.53 Å². The Bertz CT molecular complexity index is 820. The van der Waals surface area contributed by atoms with E-state index in [0.29, 0.717) is 6.61 Å². The van der Waals surface area contributed by atoms with Gasteiger partial charge in [-0.15, -0.1) is 0 Å². The van der Waals surface area contributed by atoms with Crippen molar-refractivity contribution in [1.29, 1.82) is 0 Å². The summed E-state index contributed by atoms with van der Waals surface area (Å²) in [5, 5.41) is 6.67. The molecular weight excluding hydrogens is 370 g/mol. The second-order valence-corrected chi connectivity index (χ2v) is 5.99. The van der Waals surface area contributed by atoms with Crippen molar-refractivity contribution >= 4 is 18.2 Å². The topological polar surface area (TPSA) is 89.0 Å². The van der Waals surface area contributed by atoms with Crippen molar-refractivity contribution in [3.63, 3.8) is 0 Å². The van der Waals surface area contributed by atoms with E-state index in [-0.39, 0.29) is 18.9 Å². The number of nitrogens with one attached hydrogen (secondary N) is 2. The first-order valence-corrected chi connectivity index (χ1v) is 9.26. The maximum absolute atomic E-state index is 12.3. The molecule has 0 fully saturated rings. The highest BCUT2D eigenvalue weighted by molar-refractivity contribution is 5.83. The summed E-state index contributed by atoms with van der Waals surface area (Å²) in [5.41, 5.74) is 4.09. The van der Waals surface area contributed by atoms with Gasteiger partial charge in [0.25, 0.3) is 0 Å². The third-order valence-corrected chi connectivity index (χ3v) is 3.81. The van der Waals surface area contributed by atoms with Crippen molar-refractivity contribution < 1.29 is 19.1 Å². The van der Waals surface area contributed by atoms with Crippen LogP contribution in [0.3, 0.4) is 0 Å². The van der Waals surface area contributed by atoms with Crippen LogP contribution in [0.2, 0.25) is 0 Å². The Morgan fingerprint density at radius 2 is 1.86 bits per heavy atom. The number of benzene rings is 2. The van der Waals surface area contributed by atoms with Crippen molar-refractivity contribution in [2.24, 2.45) is 5.10 Å². The number of carbonyl (C=O) groups excluding carboxylic acids is 2. The predicted molar refractivity (Wildman–Crippen MR) is 112 cm³/mol. The van der Waals surface area contributed by atoms with Crippen molar-refractivity contribution in [1.82, 2.24) is 10.7 Å². The van der Waals surface area contributed by atoms with Gasteiger partial charge in [0, 0.05) is 0 Å². The lowest BCUT2D eigenvalue weighted by molar-refractivity contribution is -0.121. The SMILES string of the molecule is C=CCOc1ccc(/C=N\NC(=O)C[C@@H](NC(=O)OCC)c2ccccc2)cc1. The Hall–Kier alpha value is -3.61. The van der Waals surface area contributed by atoms with Gasteiger partial charge in [-0.3, -0.25) is 4.79 Å². The summed E-state index contributed by atoms with van der Waals surface area (Å²) >= 11 is 0. The quantitative estimate of drug-likeness (QED) is 0.366. The van der Waals surface area contributed by atoms with Gasteiger partial charge in [0.2, 0.25) is 5.91 Å². The van der Waals surface area contributed by atoms with Crippen molar-refractivity contribution in [3.05, 3.63) is 78.4 Å². The molecule has 0 saturated carbocycles. The smallest absolute Gasteiger partial charge is 0.407 e. The van der Waals surface area contributed by atoms with Gasteiger partial charge >= 0.3 is 6.09 Å². The summed E-state index contributed by atoms with van der Waals surface area (Å²) < 4.78 is 10.3. The van der Waals surface area contributed by atoms with Crippen molar-refractivity contribution in [2.45, 2.75) is 19.4 Å². The molecule has 2 aromatic rings. The summed E-state index contributed by atoms with van der Waals surface area (Å²) in [6, 6.07) is 16.0. The molecule has 2 rings (SSSR count). The number of carbonyl (C=O) groups is 2. The van der Waals surface area contributed by atoms with E-state index in [1.54, 1.807) is 25.1 Å². The van der Waals surface area contributed by atoms with E-state index in [4.69, 9.17) is 9.47 Å². The average molecular weight is 395 g/mol. The summed E-state index contributed by atoms with van der Waals surface area (Å²) in [6.45, 7) is 6.00. The Labute approximate surface area is 170 Å². The highest BCUT2D eigenvalue weighted by atomic mass is 16.5. The van der Waals surface area contributed by atoms with Crippen LogP contribution in [0.5, 0.6) is 5.75 Å². The first-order valence-electron chi connectivity index (χ1n) is 9.26. The van der Waals surface area contributed by atoms with Gasteiger partial charge in [0.05, 0.1) is 25.3 Å². The number of alkyl carbamates (subject to hydrolysis) is 1. The maximum Gasteiger partial charge on any atom is 0.407 e. The predicted octanol–water partition coefficient (Wildman–Crippen LogP) is 3.58. The fourth-order valence-corrected chi connectivity index (χ4v) is 2.47. The number of rotatable bonds is 10. The van der Waals surface area contributed by atoms with Gasteiger partial charge in [0.1, 0.15) is 12.4 Å². The van der Waals surface area contributed by atoms with E-state index in [9.17, 15) is 9.59 Å². The van der Waals surface area contributed by atoms with Gasteiger partial charge in [-0.05, 0) is 42.3 Å². The number of nitrogens with zero attached hydrogens (tertiary/aromatic N) is 1. The third kappa shape index (κ3) is 7.88. The second-order valence-electron chi connectivity index (χ2n) is 5.99. The zero-order chi connectivity index (χ0) is 20.9. The van der Waals surface area contributed by atoms with Crippen LogP contribution in [0.15, 0.2) is 72.4 Å². The molecule has 7 nitrogen and oxygen atoms in total. The van der Waals surface area contributed by atoms with Crippen LogP contribution in [0, 0.1) is 0 Å². The Morgan fingerprint density at radius 3 is 2.52 bits per heavy atom. The minimum atomic E-state index is -0.573. The summed E-state index contributed by atoms with van der Waals surface area (Å²) in [6.07, 6.45) is 2.65. The molecular formula is C22H25N3O4. The molecule has 0 aromatic heterocycles. The van der Waals surface area contributed by atoms with Crippen LogP contribution < -0.4 is 15.5 Å². The largest absolute Gasteiger partial charge is 0.490 e. The lowest BCUT2D eigenvalue weighted by Gasteiger charge is -2.18. The van der Waals surface area contributed by atoms with E-state index < -0.39 is 12.1 Å². The van der Waals surface area contributed by atoms with E-state index in [2.05, 4.69) is 22.4 Å². The minimum Gasteiger partial charge on any atom is -0.490 e. The molecule has 152 valence electrons. The summed E-state index contributed by atoms with van der Waals surface area (Å²) in [7, 11) is 0. The van der Waals surface area contributed by atoms with Crippen LogP contribution in [0.25, 0.3) is 0 Å². The summed E-state index contributed by atoms with van der Waals surface area (Å²) in [5.74, 6) is 0.389. The molecule has 2 N–H and O–H groups in total. The van der Waals surface area contributed by atoms with Gasteiger partial charge in [-0.1, -0.05) is 43.0 Å². The van der Waals surface area contributed by atoms with E-state index in [1.807, 2.05) is 42.5 Å². The molecule has 7 heteroatoms. The van der Waals surface area contributed by atoms with Gasteiger partial charge in [-0.2, -0.15) is 5.10 Å². The number of amides is 2. The third-order valence-electron chi connectivity index (χ3n) is 3.81. The highest BCUT2D eigenvalue weighted by Gasteiger charge is 2.18. The van der Waals surface area contributed by atoms with Crippen molar-refractivity contribution in [2.75, 3.05) is 13.2 Å². The monoisotopic (exact) mass is 395 g/mol. The fraction of sp³-hybridized carbons (Fsp3) is 0.227. The molecule has 0 aliphatic heterocycles. The van der Waals surface area contributed by atoms with Gasteiger partial charge in [0.15, 0.2) is 0 Å². The van der Waals surface area contributed by atoms with Crippen LogP contribution >= 0.6 is 0 Å². The average Bonchev–Trinajstić information content (AvgIpc) is 2.73. The van der Waals surface area contributed by atoms with E-state index in [1.165, 1.54) is 6.21 Å². The lowest BCUT2D eigenvalue weighted by atomic mass is 10.0. The Morgan fingerprint density at radius 1 is 1.14 bits per heavy atom. The van der Waals surface area contributed by atoms with Crippen molar-refractivity contribution in [3.8, 4) is 5.75 Å². The zero-order valence-electron chi connectivity index (χ0n) is 16.3. The first kappa shape index (κ1) is 21.7. The zero-order valence-corrected chi connectivity index (χ0v) is 16.3. The normalized spacial score (nSPS) is 11.5. The molecule has 0 bridgehead atoms. The first-order chi connectivity index (χ1) is 14.1. The standard InChI is InChI=1S/C22H25N3O4/c1-3-14-29-19-12-10-17(11-13-19)16-23-25-21(26)15-20(24-22(27)28-4-2)18-8-6-5-7-9-18/h3,5-13,16,20H,1,4,14-15H2,2H3,(H,24,27)(H,25,26)/b23-16-/t20-/m1/s1. The molecule has 0 radical (unpaired) electrons. The molecule has 0 aliphatic carbocycles. The fourth-order valence-electron chi connectivity index (χ4n) is 2.47. The molecule has 2 amide bonds. The maximum atomic E-state index is 12.3. The Balaban J connectivity index is 1.92.